The molecule has 2 rings (SSSR count). The van der Waals surface area contributed by atoms with Crippen LogP contribution in [0.25, 0.3) is 5.69 Å². The van der Waals surface area contributed by atoms with Crippen LogP contribution in [0.4, 0.5) is 0 Å². The van der Waals surface area contributed by atoms with Gasteiger partial charge in [-0.15, -0.1) is 0 Å². The van der Waals surface area contributed by atoms with Crippen molar-refractivity contribution >= 4 is 22.2 Å². The van der Waals surface area contributed by atoms with Gasteiger partial charge >= 0.3 is 0 Å². The molecule has 0 aliphatic rings. The van der Waals surface area contributed by atoms with Crippen LogP contribution < -0.4 is 0 Å². The van der Waals surface area contributed by atoms with Crippen LogP contribution >= 0.6 is 15.9 Å². The van der Waals surface area contributed by atoms with Crippen LogP contribution in [0.15, 0.2) is 47.1 Å². The Balaban J connectivity index is 2.49. The van der Waals surface area contributed by atoms with Crippen molar-refractivity contribution in [2.75, 3.05) is 0 Å². The van der Waals surface area contributed by atoms with Gasteiger partial charge in [0.1, 0.15) is 0 Å². The second kappa shape index (κ2) is 3.80. The SMILES string of the molecule is O=Cc1cccn1-c1ccc(Br)cc1. The molecule has 0 fully saturated rings. The number of rotatable bonds is 2. The normalized spacial score (nSPS) is 10.1. The standard InChI is InChI=1S/C11H8BrNO/c12-9-3-5-10(6-4-9)13-7-1-2-11(13)8-14/h1-8H. The number of carbonyl (C=O) groups excluding carboxylic acids is 1. The van der Waals surface area contributed by atoms with Crippen LogP contribution in [0.1, 0.15) is 10.5 Å². The zero-order valence-electron chi connectivity index (χ0n) is 7.35. The van der Waals surface area contributed by atoms with Crippen LogP contribution in [0.5, 0.6) is 0 Å². The monoisotopic (exact) mass is 249 g/mol. The first-order chi connectivity index (χ1) is 6.81. The second-order valence-corrected chi connectivity index (χ2v) is 3.81. The van der Waals surface area contributed by atoms with Crippen LogP contribution in [-0.4, -0.2) is 10.9 Å². The van der Waals surface area contributed by atoms with Gasteiger partial charge in [-0.25, -0.2) is 0 Å². The van der Waals surface area contributed by atoms with Crippen molar-refractivity contribution in [3.63, 3.8) is 0 Å². The Morgan fingerprint density at radius 3 is 2.50 bits per heavy atom. The fourth-order valence-corrected chi connectivity index (χ4v) is 1.59. The van der Waals surface area contributed by atoms with Gasteiger partial charge < -0.3 is 4.57 Å². The fourth-order valence-electron chi connectivity index (χ4n) is 1.33. The maximum Gasteiger partial charge on any atom is 0.166 e. The van der Waals surface area contributed by atoms with E-state index in [1.807, 2.05) is 41.1 Å². The smallest absolute Gasteiger partial charge is 0.166 e. The summed E-state index contributed by atoms with van der Waals surface area (Å²) in [6.45, 7) is 0. The molecule has 0 N–H and O–H groups in total. The lowest BCUT2D eigenvalue weighted by atomic mass is 10.3. The Morgan fingerprint density at radius 1 is 1.14 bits per heavy atom. The van der Waals surface area contributed by atoms with Gasteiger partial charge in [-0.1, -0.05) is 15.9 Å². The van der Waals surface area contributed by atoms with E-state index in [2.05, 4.69) is 15.9 Å². The fraction of sp³-hybridized carbons (Fsp3) is 0. The van der Waals surface area contributed by atoms with Crippen molar-refractivity contribution in [3.05, 3.63) is 52.8 Å². The van der Waals surface area contributed by atoms with Crippen LogP contribution in [0, 0.1) is 0 Å². The molecule has 0 unspecified atom stereocenters. The van der Waals surface area contributed by atoms with Gasteiger partial charge in [-0.2, -0.15) is 0 Å². The number of carbonyl (C=O) groups is 1. The van der Waals surface area contributed by atoms with E-state index in [1.165, 1.54) is 0 Å². The van der Waals surface area contributed by atoms with Gasteiger partial charge in [0.05, 0.1) is 5.69 Å². The molecule has 3 heteroatoms. The molecule has 0 atom stereocenters. The number of aromatic nitrogens is 1. The molecule has 0 saturated carbocycles. The minimum Gasteiger partial charge on any atom is -0.314 e. The lowest BCUT2D eigenvalue weighted by molar-refractivity contribution is 0.111. The highest BCUT2D eigenvalue weighted by Crippen LogP contribution is 2.15. The largest absolute Gasteiger partial charge is 0.314 e. The van der Waals surface area contributed by atoms with Gasteiger partial charge in [0.2, 0.25) is 0 Å². The van der Waals surface area contributed by atoms with Crippen molar-refractivity contribution in [2.45, 2.75) is 0 Å². The minimum absolute atomic E-state index is 0.660. The zero-order chi connectivity index (χ0) is 9.97. The topological polar surface area (TPSA) is 22.0 Å². The number of hydrogen-bond acceptors (Lipinski definition) is 1. The van der Waals surface area contributed by atoms with Crippen LogP contribution in [0.3, 0.4) is 0 Å². The number of nitrogens with zero attached hydrogens (tertiary/aromatic N) is 1. The minimum atomic E-state index is 0.660. The average molecular weight is 250 g/mol. The third-order valence-electron chi connectivity index (χ3n) is 2.01. The Kier molecular flexibility index (Phi) is 2.50. The van der Waals surface area contributed by atoms with Crippen molar-refractivity contribution in [1.29, 1.82) is 0 Å². The number of hydrogen-bond donors (Lipinski definition) is 0. The van der Waals surface area contributed by atoms with Gasteiger partial charge in [0, 0.05) is 16.4 Å². The summed E-state index contributed by atoms with van der Waals surface area (Å²) in [5.74, 6) is 0. The van der Waals surface area contributed by atoms with E-state index in [0.29, 0.717) is 5.69 Å². The highest BCUT2D eigenvalue weighted by molar-refractivity contribution is 9.10. The predicted octanol–water partition coefficient (Wildman–Crippen LogP) is 3.05. The summed E-state index contributed by atoms with van der Waals surface area (Å²) < 4.78 is 2.88. The molecular formula is C11H8BrNO. The molecule has 0 aliphatic carbocycles. The molecule has 1 heterocycles. The van der Waals surface area contributed by atoms with E-state index in [-0.39, 0.29) is 0 Å². The third kappa shape index (κ3) is 1.63. The van der Waals surface area contributed by atoms with Crippen molar-refractivity contribution in [2.24, 2.45) is 0 Å². The lowest BCUT2D eigenvalue weighted by Gasteiger charge is -2.04. The van der Waals surface area contributed by atoms with E-state index in [1.54, 1.807) is 6.07 Å². The van der Waals surface area contributed by atoms with Gasteiger partial charge in [0.25, 0.3) is 0 Å². The quantitative estimate of drug-likeness (QED) is 0.751. The molecule has 0 saturated heterocycles. The number of halogens is 1. The van der Waals surface area contributed by atoms with Gasteiger partial charge in [-0.3, -0.25) is 4.79 Å². The molecule has 1 aromatic carbocycles. The molecule has 2 aromatic rings. The van der Waals surface area contributed by atoms with E-state index in [4.69, 9.17) is 0 Å². The molecule has 2 nitrogen and oxygen atoms in total. The molecular weight excluding hydrogens is 242 g/mol. The first-order valence-corrected chi connectivity index (χ1v) is 4.99. The number of aldehydes is 1. The predicted molar refractivity (Wildman–Crippen MR) is 58.9 cm³/mol. The Labute approximate surface area is 90.3 Å². The highest BCUT2D eigenvalue weighted by atomic mass is 79.9. The van der Waals surface area contributed by atoms with Crippen molar-refractivity contribution in [3.8, 4) is 5.69 Å². The van der Waals surface area contributed by atoms with Crippen LogP contribution in [0.2, 0.25) is 0 Å². The van der Waals surface area contributed by atoms with E-state index < -0.39 is 0 Å². The first-order valence-electron chi connectivity index (χ1n) is 4.20. The van der Waals surface area contributed by atoms with E-state index in [0.717, 1.165) is 16.4 Å². The summed E-state index contributed by atoms with van der Waals surface area (Å²) in [5.41, 5.74) is 1.65. The zero-order valence-corrected chi connectivity index (χ0v) is 8.94. The Morgan fingerprint density at radius 2 is 1.86 bits per heavy atom. The lowest BCUT2D eigenvalue weighted by Crippen LogP contribution is -1.96. The Bertz CT molecular complexity index is 445. The average Bonchev–Trinajstić information content (AvgIpc) is 2.67. The first kappa shape index (κ1) is 9.21. The van der Waals surface area contributed by atoms with Gasteiger partial charge in [0.15, 0.2) is 6.29 Å². The maximum atomic E-state index is 10.7. The summed E-state index contributed by atoms with van der Waals surface area (Å²) in [4.78, 5) is 10.7. The summed E-state index contributed by atoms with van der Waals surface area (Å²) in [6.07, 6.45) is 2.72. The molecule has 0 bridgehead atoms. The van der Waals surface area contributed by atoms with Crippen LogP contribution in [-0.2, 0) is 0 Å². The molecule has 0 spiro atoms. The molecule has 0 aliphatic heterocycles. The molecule has 70 valence electrons. The van der Waals surface area contributed by atoms with E-state index in [9.17, 15) is 4.79 Å². The second-order valence-electron chi connectivity index (χ2n) is 2.90. The summed E-state index contributed by atoms with van der Waals surface area (Å²) in [5, 5.41) is 0. The van der Waals surface area contributed by atoms with Crippen molar-refractivity contribution in [1.82, 2.24) is 4.57 Å². The summed E-state index contributed by atoms with van der Waals surface area (Å²) in [7, 11) is 0. The molecule has 1 aromatic heterocycles. The molecule has 0 amide bonds. The molecule has 0 radical (unpaired) electrons. The highest BCUT2D eigenvalue weighted by Gasteiger charge is 2.00. The Hall–Kier alpha value is -1.35. The van der Waals surface area contributed by atoms with E-state index >= 15 is 0 Å². The van der Waals surface area contributed by atoms with Crippen molar-refractivity contribution < 1.29 is 4.79 Å². The maximum absolute atomic E-state index is 10.7. The number of benzene rings is 1. The molecule has 14 heavy (non-hydrogen) atoms. The summed E-state index contributed by atoms with van der Waals surface area (Å²) >= 11 is 3.37. The van der Waals surface area contributed by atoms with Gasteiger partial charge in [-0.05, 0) is 36.4 Å². The third-order valence-corrected chi connectivity index (χ3v) is 2.53. The summed E-state index contributed by atoms with van der Waals surface area (Å²) in [6, 6.07) is 11.4.